The summed E-state index contributed by atoms with van der Waals surface area (Å²) in [6, 6.07) is 11.3. The van der Waals surface area contributed by atoms with E-state index in [1.165, 1.54) is 6.07 Å². The minimum atomic E-state index is -0.887. The molecule has 1 aliphatic heterocycles. The van der Waals surface area contributed by atoms with Crippen molar-refractivity contribution in [2.45, 2.75) is 38.7 Å². The summed E-state index contributed by atoms with van der Waals surface area (Å²) in [5, 5.41) is 13.6. The predicted octanol–water partition coefficient (Wildman–Crippen LogP) is 6.33. The molecule has 5 heteroatoms. The fourth-order valence-electron chi connectivity index (χ4n) is 4.73. The second-order valence-electron chi connectivity index (χ2n) is 9.31. The van der Waals surface area contributed by atoms with E-state index >= 15 is 0 Å². The molecule has 0 saturated carbocycles. The first kappa shape index (κ1) is 20.7. The summed E-state index contributed by atoms with van der Waals surface area (Å²) < 4.78 is 9.07. The molecule has 0 saturated heterocycles. The summed E-state index contributed by atoms with van der Waals surface area (Å²) in [6.45, 7) is 12.0. The number of pyridine rings is 1. The summed E-state index contributed by atoms with van der Waals surface area (Å²) >= 11 is 3.50. The highest BCUT2D eigenvalue weighted by molar-refractivity contribution is 9.10. The Kier molecular flexibility index (Phi) is 4.13. The van der Waals surface area contributed by atoms with E-state index in [2.05, 4.69) is 28.4 Å². The Hall–Kier alpha value is -3.23. The highest BCUT2D eigenvalue weighted by atomic mass is 79.9. The van der Waals surface area contributed by atoms with Gasteiger partial charge in [-0.05, 0) is 42.8 Å². The number of benzene rings is 3. The van der Waals surface area contributed by atoms with Crippen molar-refractivity contribution < 1.29 is 9.84 Å². The molecule has 1 aromatic heterocycles. The third kappa shape index (κ3) is 2.59. The van der Waals surface area contributed by atoms with Crippen molar-refractivity contribution in [2.75, 3.05) is 0 Å². The van der Waals surface area contributed by atoms with Gasteiger partial charge in [-0.3, -0.25) is 4.79 Å². The molecule has 4 aromatic rings. The Morgan fingerprint density at radius 3 is 2.59 bits per heavy atom. The molecule has 0 unspecified atom stereocenters. The lowest BCUT2D eigenvalue weighted by molar-refractivity contribution is 0.169. The molecule has 0 spiro atoms. The first-order valence-electron chi connectivity index (χ1n) is 10.3. The lowest BCUT2D eigenvalue weighted by Gasteiger charge is -2.27. The van der Waals surface area contributed by atoms with Crippen LogP contribution in [-0.4, -0.2) is 15.3 Å². The monoisotopic (exact) mass is 487 g/mol. The van der Waals surface area contributed by atoms with E-state index in [1.807, 2.05) is 48.7 Å². The molecule has 0 bridgehead atoms. The van der Waals surface area contributed by atoms with E-state index in [4.69, 9.17) is 11.2 Å². The van der Waals surface area contributed by atoms with E-state index < -0.39 is 11.0 Å². The molecule has 0 atom stereocenters. The Bertz CT molecular complexity index is 1620. The second-order valence-corrected chi connectivity index (χ2v) is 10.2. The second kappa shape index (κ2) is 6.40. The van der Waals surface area contributed by atoms with Crippen LogP contribution in [0.4, 0.5) is 0 Å². The van der Waals surface area contributed by atoms with E-state index in [0.29, 0.717) is 16.7 Å². The predicted molar refractivity (Wildman–Crippen MR) is 134 cm³/mol. The zero-order chi connectivity index (χ0) is 23.2. The van der Waals surface area contributed by atoms with E-state index in [1.54, 1.807) is 13.8 Å². The van der Waals surface area contributed by atoms with Crippen molar-refractivity contribution in [3.63, 3.8) is 0 Å². The van der Waals surface area contributed by atoms with E-state index in [-0.39, 0.29) is 16.6 Å². The number of allylic oxidation sites excluding steroid dienone is 1. The maximum atomic E-state index is 13.8. The standard InChI is InChI=1S/C27H22BrNO3/c1-7-26(3,4)32-20-13-19(30)22-24-23(20)27(5,6)14(2)29(24)18-11-8-15-12-16(28)9-10-17(15)21(18)25(22)31/h1,8-13,30H,2H2,3-6H3. The molecular weight excluding hydrogens is 466 g/mol. The van der Waals surface area contributed by atoms with Crippen molar-refractivity contribution in [3.8, 4) is 23.8 Å². The number of halogens is 1. The summed E-state index contributed by atoms with van der Waals surface area (Å²) in [5.74, 6) is 2.96. The third-order valence-electron chi connectivity index (χ3n) is 6.45. The number of hydrogen-bond donors (Lipinski definition) is 1. The number of rotatable bonds is 2. The zero-order valence-corrected chi connectivity index (χ0v) is 19.9. The maximum Gasteiger partial charge on any atom is 0.201 e. The van der Waals surface area contributed by atoms with Crippen LogP contribution in [-0.2, 0) is 5.41 Å². The van der Waals surface area contributed by atoms with Crippen molar-refractivity contribution in [3.05, 3.63) is 63.2 Å². The quantitative estimate of drug-likeness (QED) is 0.204. The highest BCUT2D eigenvalue weighted by Crippen LogP contribution is 2.52. The largest absolute Gasteiger partial charge is 0.507 e. The molecule has 0 amide bonds. The molecule has 0 fully saturated rings. The van der Waals surface area contributed by atoms with Gasteiger partial charge < -0.3 is 14.4 Å². The molecule has 5 rings (SSSR count). The first-order chi connectivity index (χ1) is 15.0. The fourth-order valence-corrected chi connectivity index (χ4v) is 5.11. The Morgan fingerprint density at radius 1 is 1.19 bits per heavy atom. The number of nitrogens with zero attached hydrogens (tertiary/aromatic N) is 1. The van der Waals surface area contributed by atoms with E-state index in [0.717, 1.165) is 32.0 Å². The molecule has 32 heavy (non-hydrogen) atoms. The average Bonchev–Trinajstić information content (AvgIpc) is 2.92. The number of aromatic nitrogens is 1. The maximum absolute atomic E-state index is 13.8. The van der Waals surface area contributed by atoms with Crippen LogP contribution < -0.4 is 10.2 Å². The number of hydrogen-bond acceptors (Lipinski definition) is 3. The molecule has 4 nitrogen and oxygen atoms in total. The number of terminal acetylenes is 1. The number of aromatic hydroxyl groups is 1. The van der Waals surface area contributed by atoms with Gasteiger partial charge in [0.15, 0.2) is 5.60 Å². The van der Waals surface area contributed by atoms with Gasteiger partial charge in [0.1, 0.15) is 11.5 Å². The van der Waals surface area contributed by atoms with Crippen LogP contribution in [0.3, 0.4) is 0 Å². The molecule has 1 aliphatic rings. The summed E-state index contributed by atoms with van der Waals surface area (Å²) in [5.41, 5.74) is 1.32. The molecule has 0 aliphatic carbocycles. The molecule has 0 radical (unpaired) electrons. The third-order valence-corrected chi connectivity index (χ3v) is 6.94. The minimum Gasteiger partial charge on any atom is -0.507 e. The highest BCUT2D eigenvalue weighted by Gasteiger charge is 2.41. The van der Waals surface area contributed by atoms with Crippen molar-refractivity contribution in [1.82, 2.24) is 4.57 Å². The summed E-state index contributed by atoms with van der Waals surface area (Å²) in [7, 11) is 0. The van der Waals surface area contributed by atoms with E-state index in [9.17, 15) is 9.90 Å². The number of phenols is 1. The normalized spacial score (nSPS) is 14.9. The van der Waals surface area contributed by atoms with Gasteiger partial charge in [-0.15, -0.1) is 6.42 Å². The topological polar surface area (TPSA) is 51.5 Å². The van der Waals surface area contributed by atoms with Crippen molar-refractivity contribution in [2.24, 2.45) is 0 Å². The minimum absolute atomic E-state index is 0.133. The van der Waals surface area contributed by atoms with Crippen molar-refractivity contribution in [1.29, 1.82) is 0 Å². The van der Waals surface area contributed by atoms with Gasteiger partial charge in [0.05, 0.1) is 21.8 Å². The summed E-state index contributed by atoms with van der Waals surface area (Å²) in [4.78, 5) is 13.8. The van der Waals surface area contributed by atoms with Crippen LogP contribution in [0.15, 0.2) is 52.2 Å². The molecule has 2 heterocycles. The Morgan fingerprint density at radius 2 is 1.91 bits per heavy atom. The number of fused-ring (bicyclic) bond motifs is 4. The van der Waals surface area contributed by atoms with Crippen LogP contribution in [0.25, 0.3) is 38.3 Å². The molecule has 160 valence electrons. The Balaban J connectivity index is 2.04. The fraction of sp³-hybridized carbons (Fsp3) is 0.222. The SMILES string of the molecule is C#CC(C)(C)Oc1cc(O)c2c(=O)c3c4ccc(Br)cc4ccc3n3c2c1C(C)(C)C3=C. The lowest BCUT2D eigenvalue weighted by Crippen LogP contribution is -2.27. The van der Waals surface area contributed by atoms with Gasteiger partial charge >= 0.3 is 0 Å². The number of ether oxygens (including phenoxy) is 1. The zero-order valence-electron chi connectivity index (χ0n) is 18.3. The average molecular weight is 488 g/mol. The van der Waals surface area contributed by atoms with Crippen LogP contribution in [0.2, 0.25) is 0 Å². The first-order valence-corrected chi connectivity index (χ1v) is 11.1. The molecular formula is C27H22BrNO3. The van der Waals surface area contributed by atoms with Crippen LogP contribution in [0, 0.1) is 12.3 Å². The van der Waals surface area contributed by atoms with Gasteiger partial charge in [-0.25, -0.2) is 0 Å². The van der Waals surface area contributed by atoms with Gasteiger partial charge in [-0.1, -0.05) is 54.4 Å². The van der Waals surface area contributed by atoms with Crippen LogP contribution in [0.1, 0.15) is 33.3 Å². The summed E-state index contributed by atoms with van der Waals surface area (Å²) in [6.07, 6.45) is 5.65. The molecule has 1 N–H and O–H groups in total. The van der Waals surface area contributed by atoms with Gasteiger partial charge in [-0.2, -0.15) is 0 Å². The lowest BCUT2D eigenvalue weighted by atomic mass is 9.83. The van der Waals surface area contributed by atoms with Gasteiger partial charge in [0, 0.05) is 27.2 Å². The smallest absolute Gasteiger partial charge is 0.201 e. The Labute approximate surface area is 194 Å². The van der Waals surface area contributed by atoms with Gasteiger partial charge in [0.25, 0.3) is 0 Å². The molecule has 3 aromatic carbocycles. The van der Waals surface area contributed by atoms with Gasteiger partial charge in [0.2, 0.25) is 5.43 Å². The van der Waals surface area contributed by atoms with Crippen molar-refractivity contribution >= 4 is 54.2 Å². The van der Waals surface area contributed by atoms with Crippen LogP contribution >= 0.6 is 15.9 Å². The van der Waals surface area contributed by atoms with Crippen LogP contribution in [0.5, 0.6) is 11.5 Å². The number of phenolic OH excluding ortho intramolecular Hbond substituents is 1.